The Morgan fingerprint density at radius 1 is 1.19 bits per heavy atom. The minimum absolute atomic E-state index is 0.0339. The Morgan fingerprint density at radius 3 is 2.55 bits per heavy atom. The highest BCUT2D eigenvalue weighted by Crippen LogP contribution is 2.31. The van der Waals surface area contributed by atoms with Gasteiger partial charge >= 0.3 is 0 Å². The second kappa shape index (κ2) is 9.03. The average Bonchev–Trinajstić information content (AvgIpc) is 3.11. The predicted octanol–water partition coefficient (Wildman–Crippen LogP) is 2.93. The highest BCUT2D eigenvalue weighted by Gasteiger charge is 2.25. The molecular weight excluding hydrogens is 420 g/mol. The second-order valence-corrected chi connectivity index (χ2v) is 9.27. The lowest BCUT2D eigenvalue weighted by atomic mass is 10.1. The van der Waals surface area contributed by atoms with Gasteiger partial charge in [-0.3, -0.25) is 14.9 Å². The number of fused-ring (bicyclic) bond motifs is 1. The molecule has 3 rings (SSSR count). The van der Waals surface area contributed by atoms with Crippen LogP contribution in [0.25, 0.3) is 0 Å². The molecule has 0 saturated heterocycles. The van der Waals surface area contributed by atoms with Gasteiger partial charge in [0.25, 0.3) is 5.69 Å². The molecule has 1 aliphatic rings. The van der Waals surface area contributed by atoms with Crippen LogP contribution in [0.3, 0.4) is 0 Å². The van der Waals surface area contributed by atoms with Crippen molar-refractivity contribution in [2.45, 2.75) is 32.1 Å². The summed E-state index contributed by atoms with van der Waals surface area (Å²) in [5, 5.41) is 13.7. The lowest BCUT2D eigenvalue weighted by molar-refractivity contribution is -0.384. The van der Waals surface area contributed by atoms with E-state index in [9.17, 15) is 23.3 Å². The normalized spacial score (nSPS) is 13.4. The first-order chi connectivity index (χ1) is 14.7. The van der Waals surface area contributed by atoms with E-state index in [2.05, 4.69) is 5.32 Å². The first-order valence-corrected chi connectivity index (χ1v) is 11.5. The van der Waals surface area contributed by atoms with E-state index in [0.717, 1.165) is 11.3 Å². The number of sulfonamides is 1. The van der Waals surface area contributed by atoms with Gasteiger partial charge < -0.3 is 10.2 Å². The van der Waals surface area contributed by atoms with Crippen LogP contribution in [-0.4, -0.2) is 49.7 Å². The number of nitro groups is 1. The summed E-state index contributed by atoms with van der Waals surface area (Å²) < 4.78 is 27.2. The van der Waals surface area contributed by atoms with Crippen molar-refractivity contribution >= 4 is 33.0 Å². The Kier molecular flexibility index (Phi) is 6.61. The van der Waals surface area contributed by atoms with Gasteiger partial charge in [-0.25, -0.2) is 8.42 Å². The summed E-state index contributed by atoms with van der Waals surface area (Å²) in [4.78, 5) is 25.2. The molecule has 1 aliphatic heterocycles. The molecular formula is C21H26N4O5S. The summed E-state index contributed by atoms with van der Waals surface area (Å²) >= 11 is 0. The molecule has 0 spiro atoms. The van der Waals surface area contributed by atoms with Crippen LogP contribution in [0.5, 0.6) is 0 Å². The molecule has 0 fully saturated rings. The second-order valence-electron chi connectivity index (χ2n) is 7.36. The molecule has 1 N–H and O–H groups in total. The average molecular weight is 447 g/mol. The van der Waals surface area contributed by atoms with Crippen molar-refractivity contribution in [2.75, 3.05) is 36.4 Å². The van der Waals surface area contributed by atoms with Gasteiger partial charge in [0.05, 0.1) is 16.4 Å². The standard InChI is InChI=1S/C21H26N4O5S/c1-4-24(5-2)31(29,30)20-13-17(7-6-15(20)3)22-21(26)14-23-11-10-16-12-18(25(27)28)8-9-19(16)23/h6-9,12-13H,4-5,10-11,14H2,1-3H3,(H,22,26). The number of nitrogens with one attached hydrogen (secondary N) is 1. The highest BCUT2D eigenvalue weighted by atomic mass is 32.2. The fourth-order valence-electron chi connectivity index (χ4n) is 3.77. The topological polar surface area (TPSA) is 113 Å². The highest BCUT2D eigenvalue weighted by molar-refractivity contribution is 7.89. The number of carbonyl (C=O) groups is 1. The number of nitro benzene ring substituents is 1. The first kappa shape index (κ1) is 22.7. The first-order valence-electron chi connectivity index (χ1n) is 10.1. The third-order valence-corrected chi connectivity index (χ3v) is 7.59. The van der Waals surface area contributed by atoms with Crippen molar-refractivity contribution in [3.8, 4) is 0 Å². The predicted molar refractivity (Wildman–Crippen MR) is 119 cm³/mol. The van der Waals surface area contributed by atoms with Crippen LogP contribution in [0.4, 0.5) is 17.1 Å². The zero-order chi connectivity index (χ0) is 22.8. The molecule has 166 valence electrons. The van der Waals surface area contributed by atoms with Gasteiger partial charge in [0.2, 0.25) is 15.9 Å². The minimum atomic E-state index is -3.65. The summed E-state index contributed by atoms with van der Waals surface area (Å²) in [5.74, 6) is -0.291. The van der Waals surface area contributed by atoms with Gasteiger partial charge in [-0.1, -0.05) is 19.9 Å². The summed E-state index contributed by atoms with van der Waals surface area (Å²) in [6.45, 7) is 6.66. The van der Waals surface area contributed by atoms with Gasteiger partial charge in [-0.2, -0.15) is 4.31 Å². The summed E-state index contributed by atoms with van der Waals surface area (Å²) in [7, 11) is -3.65. The fraction of sp³-hybridized carbons (Fsp3) is 0.381. The number of amides is 1. The van der Waals surface area contributed by atoms with Crippen LogP contribution in [-0.2, 0) is 21.2 Å². The quantitative estimate of drug-likeness (QED) is 0.493. The maximum Gasteiger partial charge on any atom is 0.269 e. The number of hydrogen-bond acceptors (Lipinski definition) is 6. The Balaban J connectivity index is 1.75. The van der Waals surface area contributed by atoms with E-state index in [-0.39, 0.29) is 23.0 Å². The molecule has 1 amide bonds. The van der Waals surface area contributed by atoms with E-state index >= 15 is 0 Å². The van der Waals surface area contributed by atoms with Gasteiger partial charge in [0.1, 0.15) is 0 Å². The number of rotatable bonds is 8. The third kappa shape index (κ3) is 4.70. The number of nitrogens with zero attached hydrogens (tertiary/aromatic N) is 3. The molecule has 0 atom stereocenters. The van der Waals surface area contributed by atoms with Crippen LogP contribution in [0.1, 0.15) is 25.0 Å². The van der Waals surface area contributed by atoms with Gasteiger partial charge in [0, 0.05) is 43.1 Å². The Bertz CT molecular complexity index is 1110. The maximum atomic E-state index is 12.9. The van der Waals surface area contributed by atoms with E-state index in [4.69, 9.17) is 0 Å². The molecule has 1 heterocycles. The van der Waals surface area contributed by atoms with Gasteiger partial charge in [0.15, 0.2) is 0 Å². The molecule has 9 nitrogen and oxygen atoms in total. The van der Waals surface area contributed by atoms with Crippen molar-refractivity contribution in [3.63, 3.8) is 0 Å². The van der Waals surface area contributed by atoms with Crippen LogP contribution in [0.2, 0.25) is 0 Å². The number of aryl methyl sites for hydroxylation is 1. The smallest absolute Gasteiger partial charge is 0.269 e. The van der Waals surface area contributed by atoms with Crippen molar-refractivity contribution < 1.29 is 18.1 Å². The number of non-ortho nitro benzene ring substituents is 1. The molecule has 0 bridgehead atoms. The monoisotopic (exact) mass is 446 g/mol. The van der Waals surface area contributed by atoms with E-state index < -0.39 is 14.9 Å². The molecule has 0 aromatic heterocycles. The zero-order valence-corrected chi connectivity index (χ0v) is 18.6. The molecule has 31 heavy (non-hydrogen) atoms. The molecule has 2 aromatic rings. The number of benzene rings is 2. The van der Waals surface area contributed by atoms with E-state index in [0.29, 0.717) is 37.3 Å². The van der Waals surface area contributed by atoms with E-state index in [1.165, 1.54) is 22.5 Å². The van der Waals surface area contributed by atoms with Crippen molar-refractivity contribution in [1.29, 1.82) is 0 Å². The molecule has 10 heteroatoms. The maximum absolute atomic E-state index is 12.9. The largest absolute Gasteiger partial charge is 0.362 e. The zero-order valence-electron chi connectivity index (χ0n) is 17.8. The summed E-state index contributed by atoms with van der Waals surface area (Å²) in [6, 6.07) is 9.47. The van der Waals surface area contributed by atoms with Crippen molar-refractivity contribution in [1.82, 2.24) is 4.31 Å². The third-order valence-electron chi connectivity index (χ3n) is 5.40. The van der Waals surface area contributed by atoms with Crippen molar-refractivity contribution in [3.05, 3.63) is 57.6 Å². The molecule has 0 radical (unpaired) electrons. The van der Waals surface area contributed by atoms with Crippen LogP contribution in [0, 0.1) is 17.0 Å². The van der Waals surface area contributed by atoms with Crippen LogP contribution >= 0.6 is 0 Å². The Hall–Kier alpha value is -2.98. The summed E-state index contributed by atoms with van der Waals surface area (Å²) in [6.07, 6.45) is 0.626. The van der Waals surface area contributed by atoms with Gasteiger partial charge in [-0.05, 0) is 42.7 Å². The van der Waals surface area contributed by atoms with E-state index in [1.807, 2.05) is 4.90 Å². The SMILES string of the molecule is CCN(CC)S(=O)(=O)c1cc(NC(=O)CN2CCc3cc([N+](=O)[O-])ccc32)ccc1C. The number of anilines is 2. The molecule has 0 saturated carbocycles. The lowest BCUT2D eigenvalue weighted by Gasteiger charge is -2.21. The van der Waals surface area contributed by atoms with E-state index in [1.54, 1.807) is 39.0 Å². The molecule has 2 aromatic carbocycles. The number of carbonyl (C=O) groups excluding carboxylic acids is 1. The number of hydrogen-bond donors (Lipinski definition) is 1. The van der Waals surface area contributed by atoms with Crippen LogP contribution < -0.4 is 10.2 Å². The van der Waals surface area contributed by atoms with Crippen molar-refractivity contribution in [2.24, 2.45) is 0 Å². The fourth-order valence-corrected chi connectivity index (χ4v) is 5.48. The minimum Gasteiger partial charge on any atom is -0.362 e. The van der Waals surface area contributed by atoms with Crippen LogP contribution in [0.15, 0.2) is 41.3 Å². The Labute approximate surface area is 181 Å². The Morgan fingerprint density at radius 2 is 1.90 bits per heavy atom. The molecule has 0 unspecified atom stereocenters. The van der Waals surface area contributed by atoms with Gasteiger partial charge in [-0.15, -0.1) is 0 Å². The summed E-state index contributed by atoms with van der Waals surface area (Å²) in [5.41, 5.74) is 2.69. The molecule has 0 aliphatic carbocycles. The lowest BCUT2D eigenvalue weighted by Crippen LogP contribution is -2.32.